The van der Waals surface area contributed by atoms with Gasteiger partial charge in [0.2, 0.25) is 0 Å². The van der Waals surface area contributed by atoms with Gasteiger partial charge < -0.3 is 25.0 Å². The molecule has 2 fully saturated rings. The Balaban J connectivity index is 1.29. The molecule has 1 aromatic carbocycles. The summed E-state index contributed by atoms with van der Waals surface area (Å²) in [6, 6.07) is 2.61. The van der Waals surface area contributed by atoms with E-state index in [9.17, 15) is 22.4 Å². The van der Waals surface area contributed by atoms with Gasteiger partial charge in [0, 0.05) is 68.9 Å². The number of hydrogen-bond donors (Lipinski definition) is 1. The number of benzene rings is 1. The number of hydrogen-bond acceptors (Lipinski definition) is 9. The molecule has 0 aliphatic carbocycles. The molecule has 11 nitrogen and oxygen atoms in total. The van der Waals surface area contributed by atoms with E-state index in [1.54, 1.807) is 14.1 Å². The summed E-state index contributed by atoms with van der Waals surface area (Å²) in [5.41, 5.74) is 7.92. The van der Waals surface area contributed by atoms with Crippen molar-refractivity contribution in [3.05, 3.63) is 57.0 Å². The number of carbonyl (C=O) groups is 1. The first-order chi connectivity index (χ1) is 24.8. The maximum Gasteiger partial charge on any atom is 0.417 e. The molecule has 4 aliphatic rings. The second-order valence-corrected chi connectivity index (χ2v) is 14.4. The summed E-state index contributed by atoms with van der Waals surface area (Å²) in [7, 11) is 3.40. The van der Waals surface area contributed by atoms with E-state index in [2.05, 4.69) is 21.6 Å². The minimum Gasteiger partial charge on any atom is -0.461 e. The molecule has 15 heteroatoms. The van der Waals surface area contributed by atoms with Gasteiger partial charge in [0.1, 0.15) is 18.6 Å². The summed E-state index contributed by atoms with van der Waals surface area (Å²) in [4.78, 5) is 28.5. The Bertz CT molecular complexity index is 1940. The van der Waals surface area contributed by atoms with Crippen LogP contribution in [0.15, 0.2) is 12.1 Å². The standard InChI is InChI=1S/C37H44F4N8O3/c1-5-9-22-14-24(42)15-26(31(22)37(39,40)41)30-16-28-27(20-51-30)33(44-35(43-28)52-21-36-10-7-12-48(36)18-23(38)17-36)47-11-8-13-49-29(19-47)25(6-2)32(45-49)34(50)46(3)4/h14-15,23,30H,6-8,10-13,16-21,42H2,1-4H3/t23-,30+,36+/m1/s1. The van der Waals surface area contributed by atoms with Gasteiger partial charge in [-0.05, 0) is 56.8 Å². The predicted molar refractivity (Wildman–Crippen MR) is 186 cm³/mol. The molecular formula is C37H44F4N8O3. The third-order valence-electron chi connectivity index (χ3n) is 10.7. The molecule has 2 saturated heterocycles. The van der Waals surface area contributed by atoms with E-state index in [4.69, 9.17) is 30.3 Å². The number of ether oxygens (including phenoxy) is 2. The van der Waals surface area contributed by atoms with Crippen LogP contribution >= 0.6 is 0 Å². The Morgan fingerprint density at radius 2 is 2.00 bits per heavy atom. The highest BCUT2D eigenvalue weighted by molar-refractivity contribution is 5.93. The molecule has 1 amide bonds. The van der Waals surface area contributed by atoms with E-state index in [0.29, 0.717) is 68.2 Å². The lowest BCUT2D eigenvalue weighted by Gasteiger charge is -2.33. The average molecular weight is 725 g/mol. The number of amides is 1. The van der Waals surface area contributed by atoms with Crippen molar-refractivity contribution in [1.82, 2.24) is 29.5 Å². The molecule has 2 aromatic heterocycles. The van der Waals surface area contributed by atoms with E-state index in [-0.39, 0.29) is 48.4 Å². The molecule has 0 bridgehead atoms. The van der Waals surface area contributed by atoms with Crippen molar-refractivity contribution in [3.63, 3.8) is 0 Å². The fraction of sp³-hybridized carbons (Fsp3) is 0.568. The lowest BCUT2D eigenvalue weighted by Crippen LogP contribution is -2.43. The molecule has 3 atom stereocenters. The van der Waals surface area contributed by atoms with Gasteiger partial charge in [-0.3, -0.25) is 14.4 Å². The summed E-state index contributed by atoms with van der Waals surface area (Å²) in [6.45, 7) is 6.33. The number of aryl methyl sites for hydroxylation is 1. The predicted octanol–water partition coefficient (Wildman–Crippen LogP) is 5.09. The van der Waals surface area contributed by atoms with Gasteiger partial charge in [0.15, 0.2) is 5.69 Å². The summed E-state index contributed by atoms with van der Waals surface area (Å²) in [5.74, 6) is 5.51. The molecular weight excluding hydrogens is 680 g/mol. The molecule has 6 heterocycles. The van der Waals surface area contributed by atoms with Crippen molar-refractivity contribution in [2.24, 2.45) is 0 Å². The van der Waals surface area contributed by atoms with Crippen LogP contribution < -0.4 is 15.4 Å². The number of rotatable bonds is 7. The number of anilines is 2. The van der Waals surface area contributed by atoms with Crippen molar-refractivity contribution >= 4 is 17.4 Å². The topological polar surface area (TPSA) is 115 Å². The van der Waals surface area contributed by atoms with Gasteiger partial charge in [-0.2, -0.15) is 28.2 Å². The van der Waals surface area contributed by atoms with Gasteiger partial charge in [-0.25, -0.2) is 4.39 Å². The molecule has 0 spiro atoms. The molecule has 3 aromatic rings. The molecule has 0 unspecified atom stereocenters. The third kappa shape index (κ3) is 6.55. The molecule has 4 aliphatic heterocycles. The van der Waals surface area contributed by atoms with Gasteiger partial charge in [-0.15, -0.1) is 5.92 Å². The SMILES string of the molecule is CC#Cc1cc(N)cc([C@@H]2Cc3nc(OC[C@@]45CCCN4C[C@H](F)C5)nc(N4CCCn5nc(C(=O)N(C)C)c(CC)c5C4)c3CO2)c1C(F)(F)F. The quantitative estimate of drug-likeness (QED) is 0.202. The highest BCUT2D eigenvalue weighted by atomic mass is 19.4. The fourth-order valence-corrected chi connectivity index (χ4v) is 8.40. The molecule has 278 valence electrons. The summed E-state index contributed by atoms with van der Waals surface area (Å²) < 4.78 is 72.9. The van der Waals surface area contributed by atoms with Crippen LogP contribution in [0.1, 0.15) is 95.3 Å². The fourth-order valence-electron chi connectivity index (χ4n) is 8.40. The number of carbonyl (C=O) groups excluding carboxylic acids is 1. The van der Waals surface area contributed by atoms with Crippen molar-refractivity contribution in [2.75, 3.05) is 51.0 Å². The Morgan fingerprint density at radius 1 is 1.19 bits per heavy atom. The second kappa shape index (κ2) is 13.9. The molecule has 7 rings (SSSR count). The summed E-state index contributed by atoms with van der Waals surface area (Å²) in [5, 5.41) is 4.71. The van der Waals surface area contributed by atoms with Crippen LogP contribution in [0, 0.1) is 11.8 Å². The average Bonchev–Trinajstić information content (AvgIpc) is 3.69. The molecule has 0 radical (unpaired) electrons. The minimum absolute atomic E-state index is 0.00400. The van der Waals surface area contributed by atoms with Crippen LogP contribution in [0.4, 0.5) is 29.1 Å². The van der Waals surface area contributed by atoms with E-state index in [1.165, 1.54) is 24.0 Å². The zero-order chi connectivity index (χ0) is 36.9. The maximum atomic E-state index is 14.6. The van der Waals surface area contributed by atoms with E-state index in [1.807, 2.05) is 11.6 Å². The Hall–Kier alpha value is -4.42. The number of nitrogens with zero attached hydrogens (tertiary/aromatic N) is 7. The van der Waals surface area contributed by atoms with Crippen molar-refractivity contribution in [1.29, 1.82) is 0 Å². The van der Waals surface area contributed by atoms with E-state index < -0.39 is 29.6 Å². The zero-order valence-corrected chi connectivity index (χ0v) is 29.9. The van der Waals surface area contributed by atoms with Crippen LogP contribution in [0.3, 0.4) is 0 Å². The highest BCUT2D eigenvalue weighted by Gasteiger charge is 2.49. The first kappa shape index (κ1) is 36.0. The number of aromatic nitrogens is 4. The first-order valence-corrected chi connectivity index (χ1v) is 17.8. The zero-order valence-electron chi connectivity index (χ0n) is 29.9. The Kier molecular flexibility index (Phi) is 9.58. The van der Waals surface area contributed by atoms with Crippen LogP contribution in [0.25, 0.3) is 0 Å². The highest BCUT2D eigenvalue weighted by Crippen LogP contribution is 2.44. The third-order valence-corrected chi connectivity index (χ3v) is 10.7. The van der Waals surface area contributed by atoms with Crippen LogP contribution in [0.5, 0.6) is 6.01 Å². The molecule has 2 N–H and O–H groups in total. The summed E-state index contributed by atoms with van der Waals surface area (Å²) >= 11 is 0. The Morgan fingerprint density at radius 3 is 2.73 bits per heavy atom. The van der Waals surface area contributed by atoms with Gasteiger partial charge in [-0.1, -0.05) is 12.8 Å². The van der Waals surface area contributed by atoms with Crippen LogP contribution in [0.2, 0.25) is 0 Å². The van der Waals surface area contributed by atoms with Gasteiger partial charge in [0.25, 0.3) is 5.91 Å². The number of fused-ring (bicyclic) bond motifs is 3. The van der Waals surface area contributed by atoms with Crippen LogP contribution in [-0.2, 0) is 43.5 Å². The number of alkyl halides is 4. The molecule has 0 saturated carbocycles. The normalized spacial score (nSPS) is 23.0. The largest absolute Gasteiger partial charge is 0.461 e. The minimum atomic E-state index is -4.71. The first-order valence-electron chi connectivity index (χ1n) is 17.8. The molecule has 52 heavy (non-hydrogen) atoms. The van der Waals surface area contributed by atoms with Crippen molar-refractivity contribution < 1.29 is 31.8 Å². The maximum absolute atomic E-state index is 14.6. The lowest BCUT2D eigenvalue weighted by molar-refractivity contribution is -0.140. The van der Waals surface area contributed by atoms with Gasteiger partial charge in [0.05, 0.1) is 41.7 Å². The van der Waals surface area contributed by atoms with E-state index in [0.717, 1.165) is 30.6 Å². The monoisotopic (exact) mass is 724 g/mol. The van der Waals surface area contributed by atoms with Gasteiger partial charge >= 0.3 is 12.2 Å². The summed E-state index contributed by atoms with van der Waals surface area (Å²) in [6.07, 6.45) is -3.28. The van der Waals surface area contributed by atoms with E-state index >= 15 is 0 Å². The van der Waals surface area contributed by atoms with Crippen molar-refractivity contribution in [3.8, 4) is 17.9 Å². The second-order valence-electron chi connectivity index (χ2n) is 14.4. The number of nitrogens with two attached hydrogens (primary N) is 1. The number of nitrogen functional groups attached to an aromatic ring is 1. The van der Waals surface area contributed by atoms with Crippen LogP contribution in [-0.4, -0.2) is 87.5 Å². The number of halogens is 4. The lowest BCUT2D eigenvalue weighted by atomic mass is 9.91. The smallest absolute Gasteiger partial charge is 0.417 e. The van der Waals surface area contributed by atoms with Crippen molar-refractivity contribution in [2.45, 2.75) is 96.1 Å². The Labute approximate surface area is 300 Å².